The van der Waals surface area contributed by atoms with Crippen LogP contribution >= 0.6 is 11.6 Å². The van der Waals surface area contributed by atoms with Crippen LogP contribution in [0.25, 0.3) is 0 Å². The fourth-order valence-electron chi connectivity index (χ4n) is 2.42. The molecule has 1 fully saturated rings. The number of halogens is 2. The monoisotopic (exact) mass is 334 g/mol. The number of hydrogen-bond acceptors (Lipinski definition) is 4. The van der Waals surface area contributed by atoms with Crippen LogP contribution < -0.4 is 10.6 Å². The average molecular weight is 335 g/mol. The summed E-state index contributed by atoms with van der Waals surface area (Å²) >= 11 is 5.65. The molecule has 0 aromatic heterocycles. The quantitative estimate of drug-likeness (QED) is 0.880. The summed E-state index contributed by atoms with van der Waals surface area (Å²) in [6.07, 6.45) is 1.47. The Hall–Kier alpha value is -1.18. The molecule has 1 aromatic rings. The Bertz CT molecular complexity index is 657. The minimum absolute atomic E-state index is 0.133. The molecule has 2 N–H and O–H groups in total. The molecule has 116 valence electrons. The average Bonchev–Trinajstić information content (AvgIpc) is 2.42. The van der Waals surface area contributed by atoms with Crippen molar-refractivity contribution in [2.24, 2.45) is 0 Å². The standard InChI is InChI=1S/C13H16ClFN2O3S/c1-21(19,20)13(4-6-16-7-5-13)12(18)17-9-2-3-11(15)10(14)8-9/h2-3,8,16H,4-7H2,1H3,(H,17,18). The number of sulfone groups is 1. The molecule has 8 heteroatoms. The SMILES string of the molecule is CS(=O)(=O)C1(C(=O)Nc2ccc(F)c(Cl)c2)CCNCC1. The van der Waals surface area contributed by atoms with E-state index in [1.807, 2.05) is 0 Å². The normalized spacial score (nSPS) is 18.2. The van der Waals surface area contributed by atoms with E-state index in [1.165, 1.54) is 12.1 Å². The molecule has 1 heterocycles. The molecule has 0 atom stereocenters. The van der Waals surface area contributed by atoms with Gasteiger partial charge in [-0.1, -0.05) is 11.6 Å². The van der Waals surface area contributed by atoms with E-state index < -0.39 is 26.3 Å². The minimum atomic E-state index is -3.58. The van der Waals surface area contributed by atoms with Gasteiger partial charge in [0.2, 0.25) is 5.91 Å². The summed E-state index contributed by atoms with van der Waals surface area (Å²) in [4.78, 5) is 12.5. The van der Waals surface area contributed by atoms with Crippen molar-refractivity contribution in [3.8, 4) is 0 Å². The third kappa shape index (κ3) is 3.20. The van der Waals surface area contributed by atoms with E-state index in [1.54, 1.807) is 0 Å². The molecule has 1 aliphatic heterocycles. The van der Waals surface area contributed by atoms with Crippen LogP contribution in [0.3, 0.4) is 0 Å². The van der Waals surface area contributed by atoms with Gasteiger partial charge in [0, 0.05) is 11.9 Å². The van der Waals surface area contributed by atoms with Crippen LogP contribution in [0.1, 0.15) is 12.8 Å². The zero-order valence-corrected chi connectivity index (χ0v) is 13.0. The molecule has 2 rings (SSSR count). The van der Waals surface area contributed by atoms with Gasteiger partial charge in [-0.25, -0.2) is 12.8 Å². The van der Waals surface area contributed by atoms with Gasteiger partial charge in [0.25, 0.3) is 0 Å². The lowest BCUT2D eigenvalue weighted by molar-refractivity contribution is -0.119. The predicted molar refractivity (Wildman–Crippen MR) is 79.7 cm³/mol. The van der Waals surface area contributed by atoms with Gasteiger partial charge in [0.15, 0.2) is 14.6 Å². The highest BCUT2D eigenvalue weighted by Gasteiger charge is 2.48. The Kier molecular flexibility index (Phi) is 4.55. The molecule has 1 saturated heterocycles. The van der Waals surface area contributed by atoms with Gasteiger partial charge in [-0.3, -0.25) is 4.79 Å². The number of amides is 1. The van der Waals surface area contributed by atoms with Crippen molar-refractivity contribution in [1.29, 1.82) is 0 Å². The first kappa shape index (κ1) is 16.2. The van der Waals surface area contributed by atoms with Gasteiger partial charge in [0.05, 0.1) is 5.02 Å². The van der Waals surface area contributed by atoms with Gasteiger partial charge < -0.3 is 10.6 Å². The molecule has 0 unspecified atom stereocenters. The fourth-order valence-corrected chi connectivity index (χ4v) is 3.93. The highest BCUT2D eigenvalue weighted by molar-refractivity contribution is 7.92. The van der Waals surface area contributed by atoms with Crippen molar-refractivity contribution in [2.75, 3.05) is 24.7 Å². The van der Waals surface area contributed by atoms with Crippen molar-refractivity contribution in [2.45, 2.75) is 17.6 Å². The summed E-state index contributed by atoms with van der Waals surface area (Å²) in [5.74, 6) is -1.21. The smallest absolute Gasteiger partial charge is 0.245 e. The van der Waals surface area contributed by atoms with E-state index in [0.717, 1.165) is 12.3 Å². The Labute approximate surface area is 127 Å². The molecule has 1 amide bonds. The summed E-state index contributed by atoms with van der Waals surface area (Å²) in [7, 11) is -3.58. The molecule has 0 radical (unpaired) electrons. The Balaban J connectivity index is 2.29. The van der Waals surface area contributed by atoms with Crippen molar-refractivity contribution < 1.29 is 17.6 Å². The maximum atomic E-state index is 13.1. The van der Waals surface area contributed by atoms with E-state index in [-0.39, 0.29) is 23.6 Å². The largest absolute Gasteiger partial charge is 0.325 e. The van der Waals surface area contributed by atoms with Crippen LogP contribution in [0.5, 0.6) is 0 Å². The fraction of sp³-hybridized carbons (Fsp3) is 0.462. The number of rotatable bonds is 3. The topological polar surface area (TPSA) is 75.3 Å². The molecular weight excluding hydrogens is 319 g/mol. The van der Waals surface area contributed by atoms with Crippen molar-refractivity contribution >= 4 is 33.0 Å². The summed E-state index contributed by atoms with van der Waals surface area (Å²) in [6.45, 7) is 0.898. The molecule has 21 heavy (non-hydrogen) atoms. The second-order valence-electron chi connectivity index (χ2n) is 5.10. The third-order valence-electron chi connectivity index (χ3n) is 3.71. The summed E-state index contributed by atoms with van der Waals surface area (Å²) in [6, 6.07) is 3.72. The summed E-state index contributed by atoms with van der Waals surface area (Å²) < 4.78 is 35.8. The van der Waals surface area contributed by atoms with Gasteiger partial charge in [-0.2, -0.15) is 0 Å². The molecule has 0 aliphatic carbocycles. The Morgan fingerprint density at radius 3 is 2.52 bits per heavy atom. The maximum Gasteiger partial charge on any atom is 0.245 e. The molecule has 5 nitrogen and oxygen atoms in total. The Morgan fingerprint density at radius 2 is 2.00 bits per heavy atom. The first-order chi connectivity index (χ1) is 9.76. The van der Waals surface area contributed by atoms with Crippen molar-refractivity contribution in [3.05, 3.63) is 29.0 Å². The van der Waals surface area contributed by atoms with Gasteiger partial charge in [-0.05, 0) is 44.1 Å². The first-order valence-corrected chi connectivity index (χ1v) is 8.70. The van der Waals surface area contributed by atoms with Gasteiger partial charge in [0.1, 0.15) is 5.82 Å². The summed E-state index contributed by atoms with van der Waals surface area (Å²) in [5.41, 5.74) is 0.271. The van der Waals surface area contributed by atoms with Gasteiger partial charge >= 0.3 is 0 Å². The van der Waals surface area contributed by atoms with Crippen molar-refractivity contribution in [1.82, 2.24) is 5.32 Å². The molecular formula is C13H16ClFN2O3S. The number of nitrogens with one attached hydrogen (secondary N) is 2. The predicted octanol–water partition coefficient (Wildman–Crippen LogP) is 1.58. The van der Waals surface area contributed by atoms with Crippen LogP contribution in [0, 0.1) is 5.82 Å². The maximum absolute atomic E-state index is 13.1. The number of hydrogen-bond donors (Lipinski definition) is 2. The highest BCUT2D eigenvalue weighted by atomic mass is 35.5. The highest BCUT2D eigenvalue weighted by Crippen LogP contribution is 2.30. The zero-order valence-electron chi connectivity index (χ0n) is 11.4. The zero-order chi connectivity index (χ0) is 15.7. The summed E-state index contributed by atoms with van der Waals surface area (Å²) in [5, 5.41) is 5.43. The second kappa shape index (κ2) is 5.90. The van der Waals surface area contributed by atoms with Gasteiger partial charge in [-0.15, -0.1) is 0 Å². The molecule has 1 aromatic carbocycles. The van der Waals surface area contributed by atoms with Crippen LogP contribution in [0.15, 0.2) is 18.2 Å². The number of benzene rings is 1. The second-order valence-corrected chi connectivity index (χ2v) is 7.83. The lowest BCUT2D eigenvalue weighted by Gasteiger charge is -2.34. The van der Waals surface area contributed by atoms with Crippen LogP contribution in [0.4, 0.5) is 10.1 Å². The Morgan fingerprint density at radius 1 is 1.38 bits per heavy atom. The molecule has 0 spiro atoms. The van der Waals surface area contributed by atoms with Crippen LogP contribution in [0.2, 0.25) is 5.02 Å². The van der Waals surface area contributed by atoms with E-state index in [9.17, 15) is 17.6 Å². The molecule has 1 aliphatic rings. The molecule has 0 bridgehead atoms. The first-order valence-electron chi connectivity index (χ1n) is 6.43. The number of piperidine rings is 1. The van der Waals surface area contributed by atoms with E-state index >= 15 is 0 Å². The minimum Gasteiger partial charge on any atom is -0.325 e. The van der Waals surface area contributed by atoms with Crippen molar-refractivity contribution in [3.63, 3.8) is 0 Å². The number of carbonyl (C=O) groups excluding carboxylic acids is 1. The number of carbonyl (C=O) groups is 1. The van der Waals surface area contributed by atoms with E-state index in [2.05, 4.69) is 10.6 Å². The van der Waals surface area contributed by atoms with E-state index in [0.29, 0.717) is 13.1 Å². The third-order valence-corrected chi connectivity index (χ3v) is 6.02. The van der Waals surface area contributed by atoms with E-state index in [4.69, 9.17) is 11.6 Å². The lowest BCUT2D eigenvalue weighted by Crippen LogP contribution is -2.55. The number of anilines is 1. The lowest BCUT2D eigenvalue weighted by atomic mass is 9.95. The van der Waals surface area contributed by atoms with Crippen LogP contribution in [-0.2, 0) is 14.6 Å². The van der Waals surface area contributed by atoms with Crippen LogP contribution in [-0.4, -0.2) is 38.4 Å². The molecule has 0 saturated carbocycles.